The van der Waals surface area contributed by atoms with E-state index >= 15 is 0 Å². The van der Waals surface area contributed by atoms with Crippen LogP contribution in [0.5, 0.6) is 5.75 Å². The number of nitrogens with one attached hydrogen (secondary N) is 1. The molecule has 0 radical (unpaired) electrons. The van der Waals surface area contributed by atoms with Gasteiger partial charge in [0.15, 0.2) is 0 Å². The molecule has 1 heterocycles. The molecular formula is C13H18Cl2N2O2. The van der Waals surface area contributed by atoms with Crippen LogP contribution in [0.25, 0.3) is 0 Å². The van der Waals surface area contributed by atoms with Crippen molar-refractivity contribution in [2.24, 2.45) is 11.7 Å². The molecule has 6 heteroatoms. The lowest BCUT2D eigenvalue weighted by molar-refractivity contribution is -0.125. The molecule has 0 spiro atoms. The van der Waals surface area contributed by atoms with Crippen LogP contribution in [0.3, 0.4) is 0 Å². The van der Waals surface area contributed by atoms with E-state index in [1.807, 2.05) is 19.1 Å². The first-order chi connectivity index (χ1) is 8.63. The van der Waals surface area contributed by atoms with E-state index in [1.54, 1.807) is 6.07 Å². The van der Waals surface area contributed by atoms with Crippen molar-refractivity contribution in [3.05, 3.63) is 28.8 Å². The fourth-order valence-electron chi connectivity index (χ4n) is 1.96. The van der Waals surface area contributed by atoms with Gasteiger partial charge in [-0.25, -0.2) is 0 Å². The van der Waals surface area contributed by atoms with Crippen LogP contribution in [0.4, 0.5) is 0 Å². The summed E-state index contributed by atoms with van der Waals surface area (Å²) in [5, 5.41) is 3.58. The SMILES string of the molecule is CC(CN)C(=O)NC1CCOc2c(Cl)cccc21.Cl. The highest BCUT2D eigenvalue weighted by atomic mass is 35.5. The summed E-state index contributed by atoms with van der Waals surface area (Å²) in [6.45, 7) is 2.71. The van der Waals surface area contributed by atoms with Crippen molar-refractivity contribution in [2.75, 3.05) is 13.2 Å². The summed E-state index contributed by atoms with van der Waals surface area (Å²) in [6, 6.07) is 5.53. The lowest BCUT2D eigenvalue weighted by Crippen LogP contribution is -2.37. The number of fused-ring (bicyclic) bond motifs is 1. The van der Waals surface area contributed by atoms with Gasteiger partial charge in [-0.2, -0.15) is 0 Å². The number of nitrogens with two attached hydrogens (primary N) is 1. The van der Waals surface area contributed by atoms with Crippen LogP contribution in [0.2, 0.25) is 5.02 Å². The fraction of sp³-hybridized carbons (Fsp3) is 0.462. The molecule has 0 fully saturated rings. The number of benzene rings is 1. The molecule has 1 amide bonds. The van der Waals surface area contributed by atoms with Gasteiger partial charge < -0.3 is 15.8 Å². The van der Waals surface area contributed by atoms with Gasteiger partial charge in [-0.1, -0.05) is 30.7 Å². The third-order valence-corrected chi connectivity index (χ3v) is 3.44. The van der Waals surface area contributed by atoms with Crippen molar-refractivity contribution in [1.82, 2.24) is 5.32 Å². The van der Waals surface area contributed by atoms with E-state index in [1.165, 1.54) is 0 Å². The monoisotopic (exact) mass is 304 g/mol. The van der Waals surface area contributed by atoms with E-state index < -0.39 is 0 Å². The van der Waals surface area contributed by atoms with E-state index in [-0.39, 0.29) is 30.3 Å². The lowest BCUT2D eigenvalue weighted by atomic mass is 9.99. The number of ether oxygens (including phenoxy) is 1. The van der Waals surface area contributed by atoms with Crippen LogP contribution in [-0.2, 0) is 4.79 Å². The molecule has 1 aliphatic heterocycles. The average Bonchev–Trinajstić information content (AvgIpc) is 2.39. The average molecular weight is 305 g/mol. The number of hydrogen-bond donors (Lipinski definition) is 2. The molecule has 0 aliphatic carbocycles. The van der Waals surface area contributed by atoms with E-state index in [0.717, 1.165) is 12.0 Å². The van der Waals surface area contributed by atoms with E-state index in [0.29, 0.717) is 23.9 Å². The molecule has 19 heavy (non-hydrogen) atoms. The maximum Gasteiger partial charge on any atom is 0.224 e. The minimum Gasteiger partial charge on any atom is -0.492 e. The molecule has 2 rings (SSSR count). The number of carbonyl (C=O) groups excluding carboxylic acids is 1. The number of halogens is 2. The van der Waals surface area contributed by atoms with Gasteiger partial charge >= 0.3 is 0 Å². The highest BCUT2D eigenvalue weighted by molar-refractivity contribution is 6.32. The predicted molar refractivity (Wildman–Crippen MR) is 77.9 cm³/mol. The first-order valence-electron chi connectivity index (χ1n) is 6.05. The molecule has 1 aromatic carbocycles. The van der Waals surface area contributed by atoms with E-state index in [2.05, 4.69) is 5.32 Å². The Bertz CT molecular complexity index is 454. The lowest BCUT2D eigenvalue weighted by Gasteiger charge is -2.28. The second-order valence-corrected chi connectivity index (χ2v) is 4.90. The summed E-state index contributed by atoms with van der Waals surface area (Å²) >= 11 is 6.08. The van der Waals surface area contributed by atoms with Gasteiger partial charge in [0.1, 0.15) is 5.75 Å². The molecule has 0 saturated heterocycles. The highest BCUT2D eigenvalue weighted by Crippen LogP contribution is 2.37. The predicted octanol–water partition coefficient (Wildman–Crippen LogP) is 2.30. The molecule has 0 saturated carbocycles. The number of amides is 1. The van der Waals surface area contributed by atoms with Crippen LogP contribution in [0.15, 0.2) is 18.2 Å². The highest BCUT2D eigenvalue weighted by Gasteiger charge is 2.25. The standard InChI is InChI=1S/C13H17ClN2O2.ClH/c1-8(7-15)13(17)16-11-5-6-18-12-9(11)3-2-4-10(12)14;/h2-4,8,11H,5-7,15H2,1H3,(H,16,17);1H. The minimum atomic E-state index is -0.185. The van der Waals surface area contributed by atoms with E-state index in [9.17, 15) is 4.79 Å². The third kappa shape index (κ3) is 3.53. The summed E-state index contributed by atoms with van der Waals surface area (Å²) < 4.78 is 5.54. The summed E-state index contributed by atoms with van der Waals surface area (Å²) in [4.78, 5) is 11.9. The van der Waals surface area contributed by atoms with Crippen LogP contribution in [0.1, 0.15) is 24.9 Å². The van der Waals surface area contributed by atoms with Gasteiger partial charge in [0.2, 0.25) is 5.91 Å². The fourth-order valence-corrected chi connectivity index (χ4v) is 2.19. The third-order valence-electron chi connectivity index (χ3n) is 3.14. The van der Waals surface area contributed by atoms with Gasteiger partial charge in [0, 0.05) is 24.4 Å². The first-order valence-corrected chi connectivity index (χ1v) is 6.43. The molecular weight excluding hydrogens is 287 g/mol. The zero-order valence-corrected chi connectivity index (χ0v) is 12.3. The smallest absolute Gasteiger partial charge is 0.224 e. The number of rotatable bonds is 3. The van der Waals surface area contributed by atoms with Crippen molar-refractivity contribution in [1.29, 1.82) is 0 Å². The first kappa shape index (κ1) is 16.1. The summed E-state index contributed by atoms with van der Waals surface area (Å²) in [5.74, 6) is 0.460. The van der Waals surface area contributed by atoms with Crippen LogP contribution in [0, 0.1) is 5.92 Å². The van der Waals surface area contributed by atoms with Crippen LogP contribution in [-0.4, -0.2) is 19.1 Å². The minimum absolute atomic E-state index is 0. The molecule has 4 nitrogen and oxygen atoms in total. The molecule has 2 unspecified atom stereocenters. The molecule has 2 atom stereocenters. The molecule has 1 aromatic rings. The van der Waals surface area contributed by atoms with Crippen LogP contribution >= 0.6 is 24.0 Å². The number of para-hydroxylation sites is 1. The van der Waals surface area contributed by atoms with Gasteiger partial charge in [0.25, 0.3) is 0 Å². The van der Waals surface area contributed by atoms with Crippen molar-refractivity contribution < 1.29 is 9.53 Å². The normalized spacial score (nSPS) is 18.6. The largest absolute Gasteiger partial charge is 0.492 e. The molecule has 0 bridgehead atoms. The molecule has 1 aliphatic rings. The van der Waals surface area contributed by atoms with Crippen molar-refractivity contribution in [2.45, 2.75) is 19.4 Å². The number of hydrogen-bond acceptors (Lipinski definition) is 3. The number of carbonyl (C=O) groups is 1. The maximum atomic E-state index is 11.9. The molecule has 3 N–H and O–H groups in total. The quantitative estimate of drug-likeness (QED) is 0.900. The topological polar surface area (TPSA) is 64.4 Å². The van der Waals surface area contributed by atoms with Gasteiger partial charge in [-0.3, -0.25) is 4.79 Å². The summed E-state index contributed by atoms with van der Waals surface area (Å²) in [5.41, 5.74) is 6.43. The Balaban J connectivity index is 0.00000180. The van der Waals surface area contributed by atoms with Crippen molar-refractivity contribution >= 4 is 29.9 Å². The molecule has 0 aromatic heterocycles. The zero-order valence-electron chi connectivity index (χ0n) is 10.7. The van der Waals surface area contributed by atoms with Gasteiger partial charge in [-0.05, 0) is 6.07 Å². The second-order valence-electron chi connectivity index (χ2n) is 4.49. The summed E-state index contributed by atoms with van der Waals surface area (Å²) in [6.07, 6.45) is 0.746. The zero-order chi connectivity index (χ0) is 13.1. The Morgan fingerprint density at radius 1 is 1.63 bits per heavy atom. The van der Waals surface area contributed by atoms with Crippen LogP contribution < -0.4 is 15.8 Å². The maximum absolute atomic E-state index is 11.9. The second kappa shape index (κ2) is 6.98. The Morgan fingerprint density at radius 2 is 2.37 bits per heavy atom. The molecule has 106 valence electrons. The summed E-state index contributed by atoms with van der Waals surface area (Å²) in [7, 11) is 0. The Kier molecular flexibility index (Phi) is 5.91. The van der Waals surface area contributed by atoms with Gasteiger partial charge in [0.05, 0.1) is 17.7 Å². The van der Waals surface area contributed by atoms with E-state index in [4.69, 9.17) is 22.1 Å². The Hall–Kier alpha value is -0.970. The van der Waals surface area contributed by atoms with Crippen molar-refractivity contribution in [3.8, 4) is 5.75 Å². The van der Waals surface area contributed by atoms with Gasteiger partial charge in [-0.15, -0.1) is 12.4 Å². The van der Waals surface area contributed by atoms with Crippen molar-refractivity contribution in [3.63, 3.8) is 0 Å². The Labute approximate surface area is 124 Å². The Morgan fingerprint density at radius 3 is 3.05 bits per heavy atom.